The molecule has 3 rings (SSSR count). The number of aromatic nitrogens is 2. The van der Waals surface area contributed by atoms with Crippen molar-refractivity contribution in [2.45, 2.75) is 26.3 Å². The highest BCUT2D eigenvalue weighted by molar-refractivity contribution is 7.80. The lowest BCUT2D eigenvalue weighted by Crippen LogP contribution is -2.34. The Kier molecular flexibility index (Phi) is 8.09. The Morgan fingerprint density at radius 3 is 2.48 bits per heavy atom. The number of hydrogen-bond donors (Lipinski definition) is 4. The summed E-state index contributed by atoms with van der Waals surface area (Å²) in [5, 5.41) is 18.4. The number of nitrogens with zero attached hydrogens (tertiary/aromatic N) is 2. The van der Waals surface area contributed by atoms with E-state index in [1.54, 1.807) is 6.07 Å². The van der Waals surface area contributed by atoms with Gasteiger partial charge in [0.25, 0.3) is 0 Å². The summed E-state index contributed by atoms with van der Waals surface area (Å²) in [5.41, 5.74) is 2.11. The molecule has 3 aromatic rings. The number of thiocarbonyl (C=S) groups is 1. The summed E-state index contributed by atoms with van der Waals surface area (Å²) < 4.78 is 18.7. The summed E-state index contributed by atoms with van der Waals surface area (Å²) in [4.78, 5) is 20.0. The van der Waals surface area contributed by atoms with Crippen LogP contribution in [-0.4, -0.2) is 32.8 Å². The number of aryl methyl sites for hydroxylation is 1. The molecule has 33 heavy (non-hydrogen) atoms. The predicted molar refractivity (Wildman–Crippen MR) is 128 cm³/mol. The van der Waals surface area contributed by atoms with Crippen LogP contribution in [-0.2, 0) is 4.79 Å². The van der Waals surface area contributed by atoms with Gasteiger partial charge in [-0.05, 0) is 68.0 Å². The molecule has 0 aliphatic carbocycles. The second-order valence-corrected chi connectivity index (χ2v) is 7.51. The minimum Gasteiger partial charge on any atom is -0.494 e. The fourth-order valence-corrected chi connectivity index (χ4v) is 3.29. The molecule has 0 spiro atoms. The molecule has 0 saturated carbocycles. The van der Waals surface area contributed by atoms with E-state index in [0.29, 0.717) is 23.7 Å². The summed E-state index contributed by atoms with van der Waals surface area (Å²) in [6.07, 6.45) is -0.243. The number of carboxylic acids is 1. The Balaban J connectivity index is 1.69. The number of carboxylic acid groups (broad SMARTS) is 1. The van der Waals surface area contributed by atoms with Crippen LogP contribution < -0.4 is 20.7 Å². The summed E-state index contributed by atoms with van der Waals surface area (Å²) in [5.74, 6) is 0.145. The molecule has 10 heteroatoms. The van der Waals surface area contributed by atoms with Crippen LogP contribution in [0.15, 0.2) is 54.6 Å². The van der Waals surface area contributed by atoms with Crippen LogP contribution in [0, 0.1) is 12.7 Å². The maximum atomic E-state index is 13.2. The van der Waals surface area contributed by atoms with E-state index < -0.39 is 17.8 Å². The lowest BCUT2D eigenvalue weighted by molar-refractivity contribution is -0.137. The van der Waals surface area contributed by atoms with E-state index in [4.69, 9.17) is 17.0 Å². The van der Waals surface area contributed by atoms with Gasteiger partial charge in [0.2, 0.25) is 5.95 Å². The quantitative estimate of drug-likeness (QED) is 0.335. The topological polar surface area (TPSA) is 108 Å². The highest BCUT2D eigenvalue weighted by atomic mass is 32.1. The van der Waals surface area contributed by atoms with Crippen molar-refractivity contribution in [2.75, 3.05) is 17.2 Å². The lowest BCUT2D eigenvalue weighted by Gasteiger charge is -2.20. The number of carbonyl (C=O) groups is 1. The van der Waals surface area contributed by atoms with Crippen molar-refractivity contribution in [3.05, 3.63) is 71.7 Å². The van der Waals surface area contributed by atoms with Crippen molar-refractivity contribution in [1.29, 1.82) is 0 Å². The molecule has 0 aliphatic heterocycles. The number of nitrogens with one attached hydrogen (secondary N) is 3. The van der Waals surface area contributed by atoms with Gasteiger partial charge in [-0.2, -0.15) is 4.98 Å². The maximum absolute atomic E-state index is 13.2. The van der Waals surface area contributed by atoms with Crippen molar-refractivity contribution in [3.8, 4) is 5.75 Å². The minimum absolute atomic E-state index is 0.142. The second kappa shape index (κ2) is 11.2. The van der Waals surface area contributed by atoms with Gasteiger partial charge >= 0.3 is 5.97 Å². The molecule has 0 fully saturated rings. The molecule has 8 nitrogen and oxygen atoms in total. The number of rotatable bonds is 9. The van der Waals surface area contributed by atoms with E-state index in [1.807, 2.05) is 38.1 Å². The van der Waals surface area contributed by atoms with E-state index in [2.05, 4.69) is 25.9 Å². The Morgan fingerprint density at radius 2 is 1.85 bits per heavy atom. The van der Waals surface area contributed by atoms with Gasteiger partial charge < -0.3 is 25.8 Å². The molecule has 0 saturated heterocycles. The first-order valence-corrected chi connectivity index (χ1v) is 10.6. The Labute approximate surface area is 196 Å². The highest BCUT2D eigenvalue weighted by Crippen LogP contribution is 2.21. The monoisotopic (exact) mass is 469 g/mol. The van der Waals surface area contributed by atoms with Gasteiger partial charge in [0, 0.05) is 17.4 Å². The zero-order chi connectivity index (χ0) is 23.8. The molecular weight excluding hydrogens is 445 g/mol. The van der Waals surface area contributed by atoms with Crippen molar-refractivity contribution in [2.24, 2.45) is 0 Å². The fourth-order valence-electron chi connectivity index (χ4n) is 3.06. The van der Waals surface area contributed by atoms with Crippen LogP contribution >= 0.6 is 12.2 Å². The zero-order valence-corrected chi connectivity index (χ0v) is 18.9. The molecule has 172 valence electrons. The third kappa shape index (κ3) is 7.39. The molecule has 1 atom stereocenters. The smallest absolute Gasteiger partial charge is 0.305 e. The van der Waals surface area contributed by atoms with Gasteiger partial charge in [0.15, 0.2) is 5.11 Å². The average Bonchev–Trinajstić information content (AvgIpc) is 2.74. The summed E-state index contributed by atoms with van der Waals surface area (Å²) in [6.45, 7) is 4.33. The Hall–Kier alpha value is -3.79. The van der Waals surface area contributed by atoms with Gasteiger partial charge in [-0.3, -0.25) is 4.79 Å². The van der Waals surface area contributed by atoms with Crippen LogP contribution in [0.5, 0.6) is 5.75 Å². The summed E-state index contributed by atoms with van der Waals surface area (Å²) >= 11 is 5.34. The Bertz CT molecular complexity index is 1110. The van der Waals surface area contributed by atoms with Crippen LogP contribution in [0.4, 0.5) is 21.8 Å². The van der Waals surface area contributed by atoms with Crippen molar-refractivity contribution in [1.82, 2.24) is 15.3 Å². The van der Waals surface area contributed by atoms with E-state index in [9.17, 15) is 14.3 Å². The number of hydrogen-bond acceptors (Lipinski definition) is 6. The molecule has 0 unspecified atom stereocenters. The predicted octanol–water partition coefficient (Wildman–Crippen LogP) is 4.57. The highest BCUT2D eigenvalue weighted by Gasteiger charge is 2.17. The summed E-state index contributed by atoms with van der Waals surface area (Å²) in [6, 6.07) is 14.2. The Morgan fingerprint density at radius 1 is 1.15 bits per heavy atom. The molecule has 2 aromatic carbocycles. The van der Waals surface area contributed by atoms with E-state index in [1.165, 1.54) is 24.3 Å². The number of ether oxygens (including phenoxy) is 1. The standard InChI is InChI=1S/C23H24FN5O3S/c1-3-32-18-10-8-17(9-11-18)26-20-12-14(2)25-22(28-20)29-23(33)27-19(13-21(30)31)15-4-6-16(24)7-5-15/h4-12,19H,3,13H2,1-2H3,(H,30,31)(H3,25,26,27,28,29,33)/t19-/m1/s1. The summed E-state index contributed by atoms with van der Waals surface area (Å²) in [7, 11) is 0. The SMILES string of the molecule is CCOc1ccc(Nc2cc(C)nc(NC(=S)N[C@H](CC(=O)O)c3ccc(F)cc3)n2)cc1. The van der Waals surface area contributed by atoms with Gasteiger partial charge in [0.1, 0.15) is 17.4 Å². The fraction of sp³-hybridized carbons (Fsp3) is 0.217. The average molecular weight is 470 g/mol. The van der Waals surface area contributed by atoms with Gasteiger partial charge in [-0.1, -0.05) is 12.1 Å². The third-order valence-electron chi connectivity index (χ3n) is 4.47. The molecule has 0 amide bonds. The molecule has 1 aromatic heterocycles. The molecular formula is C23H24FN5O3S. The van der Waals surface area contributed by atoms with Crippen LogP contribution in [0.1, 0.15) is 30.6 Å². The lowest BCUT2D eigenvalue weighted by atomic mass is 10.0. The number of benzene rings is 2. The number of aliphatic carboxylic acids is 1. The first-order chi connectivity index (χ1) is 15.8. The van der Waals surface area contributed by atoms with E-state index in [-0.39, 0.29) is 17.5 Å². The maximum Gasteiger partial charge on any atom is 0.305 e. The van der Waals surface area contributed by atoms with Gasteiger partial charge in [-0.15, -0.1) is 0 Å². The second-order valence-electron chi connectivity index (χ2n) is 7.10. The van der Waals surface area contributed by atoms with Crippen molar-refractivity contribution in [3.63, 3.8) is 0 Å². The molecule has 1 heterocycles. The number of anilines is 3. The normalized spacial score (nSPS) is 11.4. The largest absolute Gasteiger partial charge is 0.494 e. The van der Waals surface area contributed by atoms with Crippen LogP contribution in [0.3, 0.4) is 0 Å². The van der Waals surface area contributed by atoms with Crippen LogP contribution in [0.2, 0.25) is 0 Å². The van der Waals surface area contributed by atoms with E-state index in [0.717, 1.165) is 11.4 Å². The zero-order valence-electron chi connectivity index (χ0n) is 18.1. The molecule has 0 bridgehead atoms. The van der Waals surface area contributed by atoms with Crippen molar-refractivity contribution < 1.29 is 19.0 Å². The van der Waals surface area contributed by atoms with Gasteiger partial charge in [-0.25, -0.2) is 9.37 Å². The molecule has 4 N–H and O–H groups in total. The minimum atomic E-state index is -1.02. The third-order valence-corrected chi connectivity index (χ3v) is 4.69. The van der Waals surface area contributed by atoms with Gasteiger partial charge in [0.05, 0.1) is 19.1 Å². The van der Waals surface area contributed by atoms with E-state index >= 15 is 0 Å². The van der Waals surface area contributed by atoms with Crippen molar-refractivity contribution >= 4 is 40.8 Å². The van der Waals surface area contributed by atoms with Crippen LogP contribution in [0.25, 0.3) is 0 Å². The number of halogens is 1. The molecule has 0 radical (unpaired) electrons. The molecule has 0 aliphatic rings. The first kappa shape index (κ1) is 23.9. The first-order valence-electron chi connectivity index (χ1n) is 10.2.